The molecule has 0 aliphatic rings. The average Bonchev–Trinajstić information content (AvgIpc) is 2.55. The van der Waals surface area contributed by atoms with Crippen molar-refractivity contribution in [2.24, 2.45) is 5.73 Å². The lowest BCUT2D eigenvalue weighted by Gasteiger charge is -2.28. The highest BCUT2D eigenvalue weighted by Crippen LogP contribution is 2.32. The summed E-state index contributed by atoms with van der Waals surface area (Å²) in [5.74, 6) is 0. The predicted octanol–water partition coefficient (Wildman–Crippen LogP) is 3.46. The molecular weight excluding hydrogens is 319 g/mol. The van der Waals surface area contributed by atoms with Gasteiger partial charge in [-0.3, -0.25) is 0 Å². The van der Waals surface area contributed by atoms with Crippen molar-refractivity contribution in [3.63, 3.8) is 0 Å². The van der Waals surface area contributed by atoms with Crippen LogP contribution in [-0.2, 0) is 23.1 Å². The molecule has 1 unspecified atom stereocenters. The van der Waals surface area contributed by atoms with E-state index >= 15 is 0 Å². The molecule has 3 nitrogen and oxygen atoms in total. The van der Waals surface area contributed by atoms with E-state index < -0.39 is 17.3 Å². The number of halogens is 3. The van der Waals surface area contributed by atoms with E-state index in [4.69, 9.17) is 10.5 Å². The van der Waals surface area contributed by atoms with E-state index in [-0.39, 0.29) is 31.7 Å². The first-order chi connectivity index (χ1) is 11.4. The summed E-state index contributed by atoms with van der Waals surface area (Å²) in [6.07, 6.45) is -4.19. The van der Waals surface area contributed by atoms with Crippen LogP contribution in [0.25, 0.3) is 0 Å². The fourth-order valence-electron chi connectivity index (χ4n) is 2.54. The van der Waals surface area contributed by atoms with Crippen LogP contribution in [0.4, 0.5) is 13.2 Å². The fraction of sp³-hybridized carbons (Fsp3) is 0.333. The normalized spacial score (nSPS) is 14.4. The molecule has 0 bridgehead atoms. The van der Waals surface area contributed by atoms with E-state index in [2.05, 4.69) is 0 Å². The second-order valence-electron chi connectivity index (χ2n) is 5.58. The maximum absolute atomic E-state index is 13.0. The molecule has 1 atom stereocenters. The first-order valence-corrected chi connectivity index (χ1v) is 7.57. The van der Waals surface area contributed by atoms with Crippen molar-refractivity contribution < 1.29 is 23.0 Å². The summed E-state index contributed by atoms with van der Waals surface area (Å²) in [5, 5.41) is 10.8. The van der Waals surface area contributed by atoms with E-state index in [1.54, 1.807) is 24.3 Å². The van der Waals surface area contributed by atoms with E-state index in [9.17, 15) is 18.3 Å². The zero-order valence-electron chi connectivity index (χ0n) is 13.1. The number of hydrogen-bond acceptors (Lipinski definition) is 3. The molecule has 0 saturated carbocycles. The summed E-state index contributed by atoms with van der Waals surface area (Å²) < 4.78 is 44.3. The Balaban J connectivity index is 2.10. The molecule has 3 N–H and O–H groups in total. The van der Waals surface area contributed by atoms with Gasteiger partial charge in [0.15, 0.2) is 0 Å². The zero-order valence-corrected chi connectivity index (χ0v) is 13.1. The summed E-state index contributed by atoms with van der Waals surface area (Å²) in [7, 11) is 0. The third-order valence-electron chi connectivity index (χ3n) is 3.79. The summed E-state index contributed by atoms with van der Waals surface area (Å²) >= 11 is 0. The van der Waals surface area contributed by atoms with Crippen molar-refractivity contribution in [1.29, 1.82) is 0 Å². The minimum absolute atomic E-state index is 0.0353. The Labute approximate surface area is 138 Å². The van der Waals surface area contributed by atoms with Crippen molar-refractivity contribution in [2.75, 3.05) is 13.2 Å². The average molecular weight is 339 g/mol. The van der Waals surface area contributed by atoms with Gasteiger partial charge in [-0.2, -0.15) is 13.2 Å². The van der Waals surface area contributed by atoms with E-state index in [0.717, 1.165) is 6.07 Å². The number of hydrogen-bond donors (Lipinski definition) is 2. The quantitative estimate of drug-likeness (QED) is 0.812. The standard InChI is InChI=1S/C18H20F3NO2/c19-18(20,21)16-9-5-4-6-14(16)12-24-13-17(23,10-11-22)15-7-2-1-3-8-15/h1-9,23H,10-13,22H2. The molecule has 2 aromatic rings. The number of alkyl halides is 3. The fourth-order valence-corrected chi connectivity index (χ4v) is 2.54. The smallest absolute Gasteiger partial charge is 0.383 e. The summed E-state index contributed by atoms with van der Waals surface area (Å²) in [5.41, 5.74) is 4.15. The molecule has 2 aromatic carbocycles. The highest BCUT2D eigenvalue weighted by molar-refractivity contribution is 5.29. The third-order valence-corrected chi connectivity index (χ3v) is 3.79. The van der Waals surface area contributed by atoms with Gasteiger partial charge in [-0.05, 0) is 30.2 Å². The van der Waals surface area contributed by atoms with Crippen molar-refractivity contribution in [3.8, 4) is 0 Å². The molecule has 0 amide bonds. The van der Waals surface area contributed by atoms with Gasteiger partial charge >= 0.3 is 6.18 Å². The topological polar surface area (TPSA) is 55.5 Å². The predicted molar refractivity (Wildman–Crippen MR) is 85.1 cm³/mol. The van der Waals surface area contributed by atoms with Crippen molar-refractivity contribution >= 4 is 0 Å². The Morgan fingerprint density at radius 1 is 0.958 bits per heavy atom. The lowest BCUT2D eigenvalue weighted by atomic mass is 9.91. The van der Waals surface area contributed by atoms with Crippen LogP contribution < -0.4 is 5.73 Å². The molecule has 0 spiro atoms. The number of nitrogens with two attached hydrogens (primary N) is 1. The molecule has 0 saturated heterocycles. The van der Waals surface area contributed by atoms with E-state index in [1.165, 1.54) is 18.2 Å². The Hall–Kier alpha value is -1.89. The number of benzene rings is 2. The van der Waals surface area contributed by atoms with Crippen LogP contribution in [0.5, 0.6) is 0 Å². The van der Waals surface area contributed by atoms with Crippen LogP contribution in [0, 0.1) is 0 Å². The monoisotopic (exact) mass is 339 g/mol. The van der Waals surface area contributed by atoms with Gasteiger partial charge in [0.1, 0.15) is 5.60 Å². The lowest BCUT2D eigenvalue weighted by Crippen LogP contribution is -2.34. The van der Waals surface area contributed by atoms with Crippen LogP contribution in [0.1, 0.15) is 23.1 Å². The van der Waals surface area contributed by atoms with Gasteiger partial charge in [-0.1, -0.05) is 48.5 Å². The zero-order chi connectivity index (χ0) is 17.6. The summed E-state index contributed by atoms with van der Waals surface area (Å²) in [4.78, 5) is 0. The molecule has 0 aliphatic heterocycles. The molecule has 24 heavy (non-hydrogen) atoms. The first kappa shape index (κ1) is 18.4. The van der Waals surface area contributed by atoms with Crippen molar-refractivity contribution in [2.45, 2.75) is 24.8 Å². The van der Waals surface area contributed by atoms with Crippen molar-refractivity contribution in [1.82, 2.24) is 0 Å². The number of ether oxygens (including phenoxy) is 1. The van der Waals surface area contributed by atoms with Crippen LogP contribution in [0.15, 0.2) is 54.6 Å². The highest BCUT2D eigenvalue weighted by Gasteiger charge is 2.33. The Morgan fingerprint density at radius 3 is 2.21 bits per heavy atom. The highest BCUT2D eigenvalue weighted by atomic mass is 19.4. The van der Waals surface area contributed by atoms with E-state index in [0.29, 0.717) is 5.56 Å². The molecule has 2 rings (SSSR count). The molecular formula is C18H20F3NO2. The molecule has 0 radical (unpaired) electrons. The van der Waals surface area contributed by atoms with Crippen LogP contribution in [0.2, 0.25) is 0 Å². The molecule has 0 aliphatic carbocycles. The first-order valence-electron chi connectivity index (χ1n) is 7.57. The van der Waals surface area contributed by atoms with Gasteiger partial charge in [-0.15, -0.1) is 0 Å². The van der Waals surface area contributed by atoms with Crippen LogP contribution in [0.3, 0.4) is 0 Å². The molecule has 0 fully saturated rings. The maximum Gasteiger partial charge on any atom is 0.416 e. The molecule has 130 valence electrons. The summed E-state index contributed by atoms with van der Waals surface area (Å²) in [6.45, 7) is -0.149. The maximum atomic E-state index is 13.0. The summed E-state index contributed by atoms with van der Waals surface area (Å²) in [6, 6.07) is 14.1. The SMILES string of the molecule is NCCC(O)(COCc1ccccc1C(F)(F)F)c1ccccc1. The van der Waals surface area contributed by atoms with Gasteiger partial charge in [0.25, 0.3) is 0 Å². The second kappa shape index (κ2) is 7.79. The number of aliphatic hydroxyl groups is 1. The van der Waals surface area contributed by atoms with Crippen LogP contribution >= 0.6 is 0 Å². The second-order valence-corrected chi connectivity index (χ2v) is 5.58. The van der Waals surface area contributed by atoms with Gasteiger partial charge < -0.3 is 15.6 Å². The third kappa shape index (κ3) is 4.56. The Bertz CT molecular complexity index is 646. The van der Waals surface area contributed by atoms with E-state index in [1.807, 2.05) is 6.07 Å². The molecule has 6 heteroatoms. The molecule has 0 aromatic heterocycles. The van der Waals surface area contributed by atoms with Crippen molar-refractivity contribution in [3.05, 3.63) is 71.3 Å². The van der Waals surface area contributed by atoms with Gasteiger partial charge in [0.05, 0.1) is 18.8 Å². The minimum atomic E-state index is -4.44. The Morgan fingerprint density at radius 2 is 1.58 bits per heavy atom. The lowest BCUT2D eigenvalue weighted by molar-refractivity contribution is -0.139. The van der Waals surface area contributed by atoms with Gasteiger partial charge in [0, 0.05) is 0 Å². The van der Waals surface area contributed by atoms with Gasteiger partial charge in [0.2, 0.25) is 0 Å². The molecule has 0 heterocycles. The minimum Gasteiger partial charge on any atom is -0.383 e. The Kier molecular flexibility index (Phi) is 5.99. The largest absolute Gasteiger partial charge is 0.416 e. The number of rotatable bonds is 7. The van der Waals surface area contributed by atoms with Crippen LogP contribution in [-0.4, -0.2) is 18.3 Å². The van der Waals surface area contributed by atoms with Gasteiger partial charge in [-0.25, -0.2) is 0 Å².